The second-order valence-electron chi connectivity index (χ2n) is 10.2. The Kier molecular flexibility index (Phi) is 7.24. The Hall–Kier alpha value is -2.09. The Morgan fingerprint density at radius 1 is 1.51 bits per heavy atom. The standard InChI is InChI=1S/C25H30BrFN4O3S/c1-12(32)17-21(29-20-14-10-16(20)31(11-14)24(33)34-25(2,3)4)15-9-13(7-6-8-28)18(26)19(27)22(15)30-23(17)35-5/h9,12,14,16,20,32H,6-7,10-11H2,1-5H3,(H,29,30)/t12?,14-,16-,20+/m1/s1. The molecule has 0 radical (unpaired) electrons. The fourth-order valence-corrected chi connectivity index (χ4v) is 6.16. The molecule has 35 heavy (non-hydrogen) atoms. The van der Waals surface area contributed by atoms with Gasteiger partial charge in [0.1, 0.15) is 16.1 Å². The van der Waals surface area contributed by atoms with Gasteiger partial charge in [-0.2, -0.15) is 5.26 Å². The van der Waals surface area contributed by atoms with Crippen LogP contribution in [0.25, 0.3) is 10.9 Å². The summed E-state index contributed by atoms with van der Waals surface area (Å²) < 4.78 is 21.4. The number of rotatable bonds is 6. The summed E-state index contributed by atoms with van der Waals surface area (Å²) in [6, 6.07) is 3.86. The van der Waals surface area contributed by atoms with Crippen molar-refractivity contribution in [3.05, 3.63) is 27.5 Å². The SMILES string of the molecule is CSc1nc2c(F)c(Br)c(CCC#N)cc2c(N[C@H]2[C@@H]3C[C@H]2N(C(=O)OC(C)(C)C)C3)c1C(C)O. The molecule has 7 nitrogen and oxygen atoms in total. The van der Waals surface area contributed by atoms with Crippen LogP contribution in [0.5, 0.6) is 0 Å². The summed E-state index contributed by atoms with van der Waals surface area (Å²) in [7, 11) is 0. The van der Waals surface area contributed by atoms with Crippen LogP contribution < -0.4 is 5.32 Å². The highest BCUT2D eigenvalue weighted by Crippen LogP contribution is 2.47. The number of hydrogen-bond donors (Lipinski definition) is 2. The van der Waals surface area contributed by atoms with Crippen molar-refractivity contribution in [3.63, 3.8) is 0 Å². The second-order valence-corrected chi connectivity index (χ2v) is 11.8. The predicted molar refractivity (Wildman–Crippen MR) is 138 cm³/mol. The number of nitrogens with zero attached hydrogens (tertiary/aromatic N) is 3. The van der Waals surface area contributed by atoms with E-state index >= 15 is 4.39 Å². The average Bonchev–Trinajstić information content (AvgIpc) is 3.37. The van der Waals surface area contributed by atoms with E-state index in [2.05, 4.69) is 32.3 Å². The van der Waals surface area contributed by atoms with Crippen LogP contribution in [0.4, 0.5) is 14.9 Å². The molecule has 1 aromatic heterocycles. The molecule has 10 heteroatoms. The summed E-state index contributed by atoms with van der Waals surface area (Å²) in [6.45, 7) is 7.80. The Balaban J connectivity index is 1.78. The number of pyridine rings is 1. The van der Waals surface area contributed by atoms with Crippen LogP contribution in [0.3, 0.4) is 0 Å². The maximum Gasteiger partial charge on any atom is 0.410 e. The van der Waals surface area contributed by atoms with E-state index in [4.69, 9.17) is 10.00 Å². The number of anilines is 1. The summed E-state index contributed by atoms with van der Waals surface area (Å²) in [4.78, 5) is 19.1. The number of aliphatic hydroxyl groups excluding tert-OH is 1. The quantitative estimate of drug-likeness (QED) is 0.428. The van der Waals surface area contributed by atoms with Crippen LogP contribution in [0.2, 0.25) is 0 Å². The van der Waals surface area contributed by atoms with E-state index in [0.717, 1.165) is 6.42 Å². The largest absolute Gasteiger partial charge is 0.444 e. The molecule has 188 valence electrons. The average molecular weight is 566 g/mol. The molecule has 2 saturated heterocycles. The molecule has 4 atom stereocenters. The fourth-order valence-electron chi connectivity index (χ4n) is 4.98. The van der Waals surface area contributed by atoms with Crippen molar-refractivity contribution in [2.24, 2.45) is 5.92 Å². The highest BCUT2D eigenvalue weighted by molar-refractivity contribution is 9.10. The maximum absolute atomic E-state index is 15.5. The first kappa shape index (κ1) is 26.0. The molecule has 1 saturated carbocycles. The van der Waals surface area contributed by atoms with Crippen LogP contribution in [-0.2, 0) is 11.2 Å². The van der Waals surface area contributed by atoms with Crippen LogP contribution in [-0.4, -0.2) is 51.6 Å². The van der Waals surface area contributed by atoms with Gasteiger partial charge in [0.2, 0.25) is 0 Å². The highest BCUT2D eigenvalue weighted by atomic mass is 79.9. The third-order valence-electron chi connectivity index (χ3n) is 6.59. The third kappa shape index (κ3) is 4.83. The topological polar surface area (TPSA) is 98.5 Å². The van der Waals surface area contributed by atoms with Crippen molar-refractivity contribution < 1.29 is 19.0 Å². The van der Waals surface area contributed by atoms with Crippen LogP contribution in [0.15, 0.2) is 15.6 Å². The zero-order valence-electron chi connectivity index (χ0n) is 20.5. The molecule has 2 N–H and O–H groups in total. The van der Waals surface area contributed by atoms with Gasteiger partial charge in [-0.15, -0.1) is 11.8 Å². The van der Waals surface area contributed by atoms with Gasteiger partial charge >= 0.3 is 6.09 Å². The molecule has 1 unspecified atom stereocenters. The molecule has 1 amide bonds. The molecule has 1 aliphatic carbocycles. The Bertz CT molecular complexity index is 1210. The lowest BCUT2D eigenvalue weighted by atomic mass is 9.79. The van der Waals surface area contributed by atoms with E-state index in [1.54, 1.807) is 11.8 Å². The number of nitrogens with one attached hydrogen (secondary N) is 1. The second kappa shape index (κ2) is 9.75. The highest BCUT2D eigenvalue weighted by Gasteiger charge is 2.55. The van der Waals surface area contributed by atoms with E-state index < -0.39 is 17.5 Å². The van der Waals surface area contributed by atoms with E-state index in [0.29, 0.717) is 44.7 Å². The molecule has 0 spiro atoms. The van der Waals surface area contributed by atoms with Crippen LogP contribution in [0.1, 0.15) is 57.8 Å². The number of hydrogen-bond acceptors (Lipinski definition) is 7. The lowest BCUT2D eigenvalue weighted by Crippen LogP contribution is -2.50. The Morgan fingerprint density at radius 2 is 2.23 bits per heavy atom. The first-order valence-corrected chi connectivity index (χ1v) is 13.7. The summed E-state index contributed by atoms with van der Waals surface area (Å²) in [5, 5.41) is 24.4. The molecule has 2 aromatic rings. The number of carbonyl (C=O) groups excluding carboxylic acids is 1. The van der Waals surface area contributed by atoms with E-state index in [1.807, 2.05) is 33.1 Å². The molecule has 5 rings (SSSR count). The Morgan fingerprint density at radius 3 is 2.83 bits per heavy atom. The van der Waals surface area contributed by atoms with Crippen LogP contribution >= 0.6 is 27.7 Å². The fraction of sp³-hybridized carbons (Fsp3) is 0.560. The molecule has 3 heterocycles. The summed E-state index contributed by atoms with van der Waals surface area (Å²) >= 11 is 4.69. The minimum atomic E-state index is -0.842. The van der Waals surface area contributed by atoms with Gasteiger partial charge in [-0.3, -0.25) is 0 Å². The van der Waals surface area contributed by atoms with Gasteiger partial charge in [-0.05, 0) is 74.4 Å². The van der Waals surface area contributed by atoms with Crippen molar-refractivity contribution in [3.8, 4) is 6.07 Å². The molecule has 1 aromatic carbocycles. The number of amides is 1. The van der Waals surface area contributed by atoms with Gasteiger partial charge < -0.3 is 20.1 Å². The first-order chi connectivity index (χ1) is 16.5. The number of carbonyl (C=O) groups is 1. The maximum atomic E-state index is 15.5. The summed E-state index contributed by atoms with van der Waals surface area (Å²) in [6.07, 6.45) is 2.18. The number of fused-ring (bicyclic) bond motifs is 2. The molecule has 2 bridgehead atoms. The smallest absolute Gasteiger partial charge is 0.410 e. The van der Waals surface area contributed by atoms with Crippen molar-refractivity contribution in [2.75, 3.05) is 18.1 Å². The number of nitriles is 1. The van der Waals surface area contributed by atoms with Gasteiger partial charge in [0.15, 0.2) is 5.82 Å². The number of aromatic nitrogens is 1. The minimum absolute atomic E-state index is 0.0454. The number of benzene rings is 1. The number of aryl methyl sites for hydroxylation is 1. The molecule has 3 fully saturated rings. The monoisotopic (exact) mass is 564 g/mol. The van der Waals surface area contributed by atoms with Gasteiger partial charge in [0.25, 0.3) is 0 Å². The third-order valence-corrected chi connectivity index (χ3v) is 8.15. The van der Waals surface area contributed by atoms with Crippen LogP contribution in [0, 0.1) is 23.1 Å². The summed E-state index contributed by atoms with van der Waals surface area (Å²) in [5.41, 5.74) is 1.52. The van der Waals surface area contributed by atoms with E-state index in [9.17, 15) is 9.90 Å². The molecule has 2 aliphatic heterocycles. The number of thioether (sulfide) groups is 1. The molecular formula is C25H30BrFN4O3S. The van der Waals surface area contributed by atoms with Crippen molar-refractivity contribution >= 4 is 50.4 Å². The van der Waals surface area contributed by atoms with Gasteiger partial charge in [0, 0.05) is 29.8 Å². The molecular weight excluding hydrogens is 535 g/mol. The van der Waals surface area contributed by atoms with Crippen molar-refractivity contribution in [1.29, 1.82) is 5.26 Å². The lowest BCUT2D eigenvalue weighted by Gasteiger charge is -2.39. The van der Waals surface area contributed by atoms with Gasteiger partial charge in [0.05, 0.1) is 34.4 Å². The predicted octanol–water partition coefficient (Wildman–Crippen LogP) is 5.79. The lowest BCUT2D eigenvalue weighted by molar-refractivity contribution is 0.0239. The zero-order valence-corrected chi connectivity index (χ0v) is 22.9. The van der Waals surface area contributed by atoms with Gasteiger partial charge in [-0.1, -0.05) is 0 Å². The van der Waals surface area contributed by atoms with E-state index in [1.165, 1.54) is 11.8 Å². The number of ether oxygens (including phenoxy) is 1. The minimum Gasteiger partial charge on any atom is -0.444 e. The Labute approximate surface area is 217 Å². The first-order valence-electron chi connectivity index (χ1n) is 11.7. The number of aliphatic hydroxyl groups is 1. The van der Waals surface area contributed by atoms with E-state index in [-0.39, 0.29) is 36.0 Å². The summed E-state index contributed by atoms with van der Waals surface area (Å²) in [5.74, 6) is -0.258. The number of halogens is 2. The van der Waals surface area contributed by atoms with Crippen molar-refractivity contribution in [1.82, 2.24) is 9.88 Å². The normalized spacial score (nSPS) is 22.0. The zero-order chi connectivity index (χ0) is 25.7. The van der Waals surface area contributed by atoms with Gasteiger partial charge in [-0.25, -0.2) is 14.2 Å². The van der Waals surface area contributed by atoms with Crippen molar-refractivity contribution in [2.45, 2.75) is 75.8 Å². The molecule has 3 aliphatic rings.